The van der Waals surface area contributed by atoms with Crippen LogP contribution in [0.3, 0.4) is 0 Å². The van der Waals surface area contributed by atoms with E-state index in [9.17, 15) is 4.79 Å². The summed E-state index contributed by atoms with van der Waals surface area (Å²) in [5, 5.41) is 9.78. The van der Waals surface area contributed by atoms with Gasteiger partial charge in [0, 0.05) is 36.7 Å². The number of aryl methyl sites for hydroxylation is 3. The highest BCUT2D eigenvalue weighted by Gasteiger charge is 2.09. The largest absolute Gasteiger partial charge is 0.441 e. The summed E-state index contributed by atoms with van der Waals surface area (Å²) < 4.78 is 7.46. The average Bonchev–Trinajstić information content (AvgIpc) is 3.22. The van der Waals surface area contributed by atoms with Gasteiger partial charge in [0.05, 0.1) is 5.69 Å². The van der Waals surface area contributed by atoms with Gasteiger partial charge in [0.1, 0.15) is 5.76 Å². The Morgan fingerprint density at radius 1 is 1.28 bits per heavy atom. The molecule has 0 atom stereocenters. The van der Waals surface area contributed by atoms with E-state index in [0.29, 0.717) is 18.1 Å². The monoisotopic (exact) mass is 339 g/mol. The van der Waals surface area contributed by atoms with E-state index in [1.54, 1.807) is 6.20 Å². The number of carbonyl (C=O) groups is 1. The van der Waals surface area contributed by atoms with Gasteiger partial charge in [-0.15, -0.1) is 0 Å². The second-order valence-corrected chi connectivity index (χ2v) is 5.75. The van der Waals surface area contributed by atoms with Gasteiger partial charge in [0.2, 0.25) is 5.89 Å². The molecule has 3 rings (SSSR count). The maximum atomic E-state index is 12.0. The Hall–Kier alpha value is -3.09. The van der Waals surface area contributed by atoms with Gasteiger partial charge in [0.25, 0.3) is 0 Å². The molecule has 0 unspecified atom stereocenters. The lowest BCUT2D eigenvalue weighted by Gasteiger charge is -2.08. The average molecular weight is 339 g/mol. The highest BCUT2D eigenvalue weighted by Crippen LogP contribution is 2.23. The van der Waals surface area contributed by atoms with Crippen molar-refractivity contribution in [1.82, 2.24) is 20.1 Å². The number of hydrogen-bond donors (Lipinski definition) is 2. The van der Waals surface area contributed by atoms with Crippen molar-refractivity contribution in [2.24, 2.45) is 0 Å². The molecule has 0 aliphatic carbocycles. The number of nitrogens with zero attached hydrogens (tertiary/aromatic N) is 3. The Kier molecular flexibility index (Phi) is 5.13. The minimum Gasteiger partial charge on any atom is -0.441 e. The molecule has 0 saturated heterocycles. The first-order chi connectivity index (χ1) is 12.1. The zero-order valence-electron chi connectivity index (χ0n) is 14.3. The van der Waals surface area contributed by atoms with Gasteiger partial charge in [-0.05, 0) is 44.5 Å². The molecule has 0 fully saturated rings. The molecule has 0 saturated carbocycles. The Balaban J connectivity index is 1.52. The van der Waals surface area contributed by atoms with Crippen LogP contribution in [-0.2, 0) is 6.54 Å². The van der Waals surface area contributed by atoms with Crippen molar-refractivity contribution in [1.29, 1.82) is 0 Å². The van der Waals surface area contributed by atoms with Crippen molar-refractivity contribution in [3.63, 3.8) is 0 Å². The lowest BCUT2D eigenvalue weighted by Crippen LogP contribution is -2.30. The summed E-state index contributed by atoms with van der Waals surface area (Å²) >= 11 is 0. The molecule has 130 valence electrons. The van der Waals surface area contributed by atoms with Crippen LogP contribution in [0.2, 0.25) is 0 Å². The molecule has 0 aliphatic heterocycles. The van der Waals surface area contributed by atoms with Crippen LogP contribution in [0.1, 0.15) is 17.9 Å². The first-order valence-corrected chi connectivity index (χ1v) is 8.18. The molecule has 3 aromatic rings. The number of amides is 2. The van der Waals surface area contributed by atoms with E-state index >= 15 is 0 Å². The number of hydrogen-bond acceptors (Lipinski definition) is 4. The predicted molar refractivity (Wildman–Crippen MR) is 95.3 cm³/mol. The molecule has 7 nitrogen and oxygen atoms in total. The van der Waals surface area contributed by atoms with Crippen molar-refractivity contribution in [3.8, 4) is 11.5 Å². The maximum absolute atomic E-state index is 12.0. The minimum atomic E-state index is -0.239. The third-order valence-electron chi connectivity index (χ3n) is 3.80. The molecule has 0 bridgehead atoms. The second kappa shape index (κ2) is 7.65. The van der Waals surface area contributed by atoms with Gasteiger partial charge >= 0.3 is 6.03 Å². The highest BCUT2D eigenvalue weighted by molar-refractivity contribution is 5.89. The van der Waals surface area contributed by atoms with E-state index in [0.717, 1.165) is 30.0 Å². The van der Waals surface area contributed by atoms with Crippen molar-refractivity contribution >= 4 is 11.7 Å². The number of rotatable bonds is 6. The van der Waals surface area contributed by atoms with E-state index in [1.807, 2.05) is 55.1 Å². The molecule has 2 amide bonds. The maximum Gasteiger partial charge on any atom is 0.319 e. The van der Waals surface area contributed by atoms with Crippen molar-refractivity contribution in [3.05, 3.63) is 54.2 Å². The van der Waals surface area contributed by atoms with E-state index in [-0.39, 0.29) is 6.03 Å². The van der Waals surface area contributed by atoms with Crippen LogP contribution in [0.15, 0.2) is 47.1 Å². The molecule has 2 N–H and O–H groups in total. The van der Waals surface area contributed by atoms with E-state index < -0.39 is 0 Å². The Morgan fingerprint density at radius 3 is 2.88 bits per heavy atom. The number of carbonyl (C=O) groups excluding carboxylic acids is 1. The van der Waals surface area contributed by atoms with E-state index in [1.165, 1.54) is 0 Å². The van der Waals surface area contributed by atoms with Crippen LogP contribution >= 0.6 is 0 Å². The Labute approximate surface area is 146 Å². The van der Waals surface area contributed by atoms with Crippen LogP contribution in [0.4, 0.5) is 10.5 Å². The standard InChI is InChI=1S/C18H21N5O2/c1-13-14(2)25-17(21-13)15-6-3-7-16(12-15)22-18(24)19-8-4-10-23-11-5-9-20-23/h3,5-7,9,11-12H,4,8,10H2,1-2H3,(H2,19,22,24). The predicted octanol–water partition coefficient (Wildman–Crippen LogP) is 3.37. The summed E-state index contributed by atoms with van der Waals surface area (Å²) in [4.78, 5) is 16.4. The van der Waals surface area contributed by atoms with E-state index in [2.05, 4.69) is 20.7 Å². The zero-order chi connectivity index (χ0) is 17.6. The fraction of sp³-hybridized carbons (Fsp3) is 0.278. The summed E-state index contributed by atoms with van der Waals surface area (Å²) in [5.74, 6) is 1.35. The second-order valence-electron chi connectivity index (χ2n) is 5.75. The lowest BCUT2D eigenvalue weighted by molar-refractivity contribution is 0.251. The molecule has 0 radical (unpaired) electrons. The summed E-state index contributed by atoms with van der Waals surface area (Å²) in [6.07, 6.45) is 4.45. The normalized spacial score (nSPS) is 10.6. The molecule has 0 aliphatic rings. The van der Waals surface area contributed by atoms with Crippen LogP contribution in [0.25, 0.3) is 11.5 Å². The number of nitrogens with one attached hydrogen (secondary N) is 2. The molecule has 7 heteroatoms. The van der Waals surface area contributed by atoms with Crippen LogP contribution in [0.5, 0.6) is 0 Å². The number of urea groups is 1. The first kappa shape index (κ1) is 16.8. The quantitative estimate of drug-likeness (QED) is 0.674. The molecular formula is C18H21N5O2. The number of oxazole rings is 1. The van der Waals surface area contributed by atoms with Gasteiger partial charge in [-0.3, -0.25) is 4.68 Å². The number of anilines is 1. The fourth-order valence-corrected chi connectivity index (χ4v) is 2.38. The summed E-state index contributed by atoms with van der Waals surface area (Å²) in [6.45, 7) is 5.13. The van der Waals surface area contributed by atoms with Crippen molar-refractivity contribution in [2.45, 2.75) is 26.8 Å². The molecule has 0 spiro atoms. The molecule has 25 heavy (non-hydrogen) atoms. The van der Waals surface area contributed by atoms with Crippen LogP contribution in [-0.4, -0.2) is 27.3 Å². The summed E-state index contributed by atoms with van der Waals surface area (Å²) in [6, 6.07) is 9.07. The van der Waals surface area contributed by atoms with E-state index in [4.69, 9.17) is 4.42 Å². The van der Waals surface area contributed by atoms with Crippen LogP contribution < -0.4 is 10.6 Å². The Morgan fingerprint density at radius 2 is 2.16 bits per heavy atom. The fourth-order valence-electron chi connectivity index (χ4n) is 2.38. The third kappa shape index (κ3) is 4.47. The van der Waals surface area contributed by atoms with Crippen molar-refractivity contribution in [2.75, 3.05) is 11.9 Å². The Bertz CT molecular complexity index is 820. The zero-order valence-corrected chi connectivity index (χ0v) is 14.3. The first-order valence-electron chi connectivity index (χ1n) is 8.18. The van der Waals surface area contributed by atoms with Crippen LogP contribution in [0, 0.1) is 13.8 Å². The van der Waals surface area contributed by atoms with Gasteiger partial charge in [-0.1, -0.05) is 6.07 Å². The lowest BCUT2D eigenvalue weighted by atomic mass is 10.2. The van der Waals surface area contributed by atoms with Gasteiger partial charge in [-0.2, -0.15) is 5.10 Å². The van der Waals surface area contributed by atoms with Gasteiger partial charge < -0.3 is 15.1 Å². The SMILES string of the molecule is Cc1nc(-c2cccc(NC(=O)NCCCn3cccn3)c2)oc1C. The highest BCUT2D eigenvalue weighted by atomic mass is 16.4. The summed E-state index contributed by atoms with van der Waals surface area (Å²) in [5.41, 5.74) is 2.38. The molecule has 2 heterocycles. The smallest absolute Gasteiger partial charge is 0.319 e. The molecular weight excluding hydrogens is 318 g/mol. The van der Waals surface area contributed by atoms with Crippen molar-refractivity contribution < 1.29 is 9.21 Å². The minimum absolute atomic E-state index is 0.239. The van der Waals surface area contributed by atoms with Gasteiger partial charge in [0.15, 0.2) is 0 Å². The van der Waals surface area contributed by atoms with Gasteiger partial charge in [-0.25, -0.2) is 9.78 Å². The summed E-state index contributed by atoms with van der Waals surface area (Å²) in [7, 11) is 0. The third-order valence-corrected chi connectivity index (χ3v) is 3.80. The molecule has 2 aromatic heterocycles. The number of benzene rings is 1. The topological polar surface area (TPSA) is 85.0 Å². The number of aromatic nitrogens is 3. The molecule has 1 aromatic carbocycles.